The molecular weight excluding hydrogens is 202 g/mol. The zero-order chi connectivity index (χ0) is 11.8. The predicted octanol–water partition coefficient (Wildman–Crippen LogP) is 2.43. The van der Waals surface area contributed by atoms with Gasteiger partial charge in [-0.15, -0.1) is 0 Å². The van der Waals surface area contributed by atoms with Gasteiger partial charge in [0.25, 0.3) is 0 Å². The highest BCUT2D eigenvalue weighted by Crippen LogP contribution is 2.29. The third-order valence-corrected chi connectivity index (χ3v) is 3.39. The second-order valence-electron chi connectivity index (χ2n) is 4.86. The zero-order valence-corrected chi connectivity index (χ0v) is 10.1. The first-order chi connectivity index (χ1) is 7.68. The van der Waals surface area contributed by atoms with E-state index < -0.39 is 5.97 Å². The Balaban J connectivity index is 1.97. The van der Waals surface area contributed by atoms with Crippen LogP contribution in [0, 0.1) is 11.8 Å². The zero-order valence-electron chi connectivity index (χ0n) is 10.1. The van der Waals surface area contributed by atoms with Crippen molar-refractivity contribution in [2.75, 3.05) is 13.1 Å². The van der Waals surface area contributed by atoms with Crippen molar-refractivity contribution in [3.8, 4) is 0 Å². The highest BCUT2D eigenvalue weighted by Gasteiger charge is 2.17. The summed E-state index contributed by atoms with van der Waals surface area (Å²) in [5.41, 5.74) is 0. The Kier molecular flexibility index (Phi) is 6.16. The number of rotatable bonds is 6. The quantitative estimate of drug-likeness (QED) is 0.539. The summed E-state index contributed by atoms with van der Waals surface area (Å²) in [7, 11) is 0. The Hall–Kier alpha value is -0.830. The van der Waals surface area contributed by atoms with Crippen LogP contribution in [0.2, 0.25) is 0 Å². The van der Waals surface area contributed by atoms with E-state index in [0.717, 1.165) is 18.4 Å². The van der Waals surface area contributed by atoms with Gasteiger partial charge in [0.15, 0.2) is 0 Å². The van der Waals surface area contributed by atoms with Crippen LogP contribution in [0.3, 0.4) is 0 Å². The molecule has 0 saturated heterocycles. The summed E-state index contributed by atoms with van der Waals surface area (Å²) >= 11 is 0. The molecule has 1 saturated carbocycles. The Morgan fingerprint density at radius 1 is 1.38 bits per heavy atom. The number of hydrogen-bond donors (Lipinski definition) is 2. The minimum absolute atomic E-state index is 0.662. The molecule has 0 aliphatic heterocycles. The molecule has 0 aromatic heterocycles. The maximum atomic E-state index is 10.2. The molecular formula is C13H23NO2. The van der Waals surface area contributed by atoms with Crippen molar-refractivity contribution in [2.24, 2.45) is 11.8 Å². The second kappa shape index (κ2) is 7.44. The summed E-state index contributed by atoms with van der Waals surface area (Å²) in [5, 5.41) is 11.6. The standard InChI is InChI=1S/C13H23NO2/c1-11-4-6-12(7-5-11)8-10-14-9-2-3-13(15)16/h2-3,11-12,14H,4-10H2,1H3,(H,15,16)/b3-2+. The molecule has 0 amide bonds. The first-order valence-electron chi connectivity index (χ1n) is 6.28. The fraction of sp³-hybridized carbons (Fsp3) is 0.769. The van der Waals surface area contributed by atoms with E-state index in [-0.39, 0.29) is 0 Å². The maximum absolute atomic E-state index is 10.2. The van der Waals surface area contributed by atoms with E-state index in [1.54, 1.807) is 6.08 Å². The lowest BCUT2D eigenvalue weighted by atomic mass is 9.81. The first kappa shape index (κ1) is 13.2. The van der Waals surface area contributed by atoms with Crippen LogP contribution >= 0.6 is 0 Å². The van der Waals surface area contributed by atoms with Gasteiger partial charge < -0.3 is 10.4 Å². The molecule has 1 rings (SSSR count). The fourth-order valence-electron chi connectivity index (χ4n) is 2.27. The lowest BCUT2D eigenvalue weighted by Crippen LogP contribution is -2.21. The number of carboxylic acid groups (broad SMARTS) is 1. The van der Waals surface area contributed by atoms with E-state index in [1.165, 1.54) is 38.2 Å². The fourth-order valence-corrected chi connectivity index (χ4v) is 2.27. The molecule has 1 fully saturated rings. The molecule has 0 aromatic carbocycles. The normalized spacial score (nSPS) is 26.1. The van der Waals surface area contributed by atoms with Gasteiger partial charge in [-0.05, 0) is 24.8 Å². The van der Waals surface area contributed by atoms with Crippen LogP contribution in [0.25, 0.3) is 0 Å². The molecule has 0 radical (unpaired) electrons. The molecule has 0 spiro atoms. The molecule has 0 bridgehead atoms. The van der Waals surface area contributed by atoms with Crippen LogP contribution in [-0.4, -0.2) is 24.2 Å². The summed E-state index contributed by atoms with van der Waals surface area (Å²) < 4.78 is 0. The van der Waals surface area contributed by atoms with Crippen LogP contribution in [0.15, 0.2) is 12.2 Å². The molecule has 0 atom stereocenters. The van der Waals surface area contributed by atoms with Crippen LogP contribution in [-0.2, 0) is 4.79 Å². The predicted molar refractivity (Wildman–Crippen MR) is 65.4 cm³/mol. The van der Waals surface area contributed by atoms with Crippen LogP contribution < -0.4 is 5.32 Å². The minimum Gasteiger partial charge on any atom is -0.478 e. The Morgan fingerprint density at radius 2 is 2.06 bits per heavy atom. The molecule has 0 aromatic rings. The van der Waals surface area contributed by atoms with E-state index in [1.807, 2.05) is 0 Å². The molecule has 1 aliphatic carbocycles. The molecule has 2 N–H and O–H groups in total. The van der Waals surface area contributed by atoms with Crippen molar-refractivity contribution in [2.45, 2.75) is 39.0 Å². The van der Waals surface area contributed by atoms with E-state index in [4.69, 9.17) is 5.11 Å². The molecule has 16 heavy (non-hydrogen) atoms. The Bertz CT molecular complexity index is 230. The van der Waals surface area contributed by atoms with Crippen molar-refractivity contribution >= 4 is 5.97 Å². The summed E-state index contributed by atoms with van der Waals surface area (Å²) in [5.74, 6) is 0.929. The number of carboxylic acids is 1. The van der Waals surface area contributed by atoms with Crippen molar-refractivity contribution in [3.05, 3.63) is 12.2 Å². The minimum atomic E-state index is -0.872. The van der Waals surface area contributed by atoms with Gasteiger partial charge in [0, 0.05) is 12.6 Å². The van der Waals surface area contributed by atoms with Crippen LogP contribution in [0.4, 0.5) is 0 Å². The topological polar surface area (TPSA) is 49.3 Å². The summed E-state index contributed by atoms with van der Waals surface area (Å²) in [6.45, 7) is 4.00. The SMILES string of the molecule is CC1CCC(CCNC/C=C/C(=O)O)CC1. The summed E-state index contributed by atoms with van der Waals surface area (Å²) in [6.07, 6.45) is 9.57. The molecule has 0 unspecified atom stereocenters. The van der Waals surface area contributed by atoms with Crippen LogP contribution in [0.1, 0.15) is 39.0 Å². The summed E-state index contributed by atoms with van der Waals surface area (Å²) in [6, 6.07) is 0. The Labute approximate surface area is 97.9 Å². The lowest BCUT2D eigenvalue weighted by molar-refractivity contribution is -0.131. The van der Waals surface area contributed by atoms with Gasteiger partial charge >= 0.3 is 5.97 Å². The number of nitrogens with one attached hydrogen (secondary N) is 1. The third kappa shape index (κ3) is 5.91. The highest BCUT2D eigenvalue weighted by atomic mass is 16.4. The Morgan fingerprint density at radius 3 is 2.69 bits per heavy atom. The number of carbonyl (C=O) groups is 1. The van der Waals surface area contributed by atoms with E-state index in [2.05, 4.69) is 12.2 Å². The molecule has 3 heteroatoms. The van der Waals surface area contributed by atoms with Gasteiger partial charge in [0.2, 0.25) is 0 Å². The smallest absolute Gasteiger partial charge is 0.328 e. The average Bonchev–Trinajstić information content (AvgIpc) is 2.25. The van der Waals surface area contributed by atoms with Gasteiger partial charge in [-0.2, -0.15) is 0 Å². The largest absolute Gasteiger partial charge is 0.478 e. The highest BCUT2D eigenvalue weighted by molar-refractivity contribution is 5.79. The van der Waals surface area contributed by atoms with Crippen molar-refractivity contribution in [3.63, 3.8) is 0 Å². The van der Waals surface area contributed by atoms with Gasteiger partial charge in [-0.3, -0.25) is 0 Å². The molecule has 92 valence electrons. The average molecular weight is 225 g/mol. The van der Waals surface area contributed by atoms with Gasteiger partial charge in [-0.25, -0.2) is 4.79 Å². The number of hydrogen-bond acceptors (Lipinski definition) is 2. The van der Waals surface area contributed by atoms with Crippen molar-refractivity contribution in [1.29, 1.82) is 0 Å². The second-order valence-corrected chi connectivity index (χ2v) is 4.86. The van der Waals surface area contributed by atoms with Gasteiger partial charge in [0.1, 0.15) is 0 Å². The first-order valence-corrected chi connectivity index (χ1v) is 6.28. The maximum Gasteiger partial charge on any atom is 0.328 e. The van der Waals surface area contributed by atoms with Gasteiger partial charge in [0.05, 0.1) is 0 Å². The van der Waals surface area contributed by atoms with Crippen molar-refractivity contribution < 1.29 is 9.90 Å². The third-order valence-electron chi connectivity index (χ3n) is 3.39. The van der Waals surface area contributed by atoms with E-state index >= 15 is 0 Å². The van der Waals surface area contributed by atoms with Crippen molar-refractivity contribution in [1.82, 2.24) is 5.32 Å². The van der Waals surface area contributed by atoms with Gasteiger partial charge in [-0.1, -0.05) is 38.7 Å². The number of aliphatic carboxylic acids is 1. The van der Waals surface area contributed by atoms with E-state index in [0.29, 0.717) is 6.54 Å². The van der Waals surface area contributed by atoms with E-state index in [9.17, 15) is 4.79 Å². The lowest BCUT2D eigenvalue weighted by Gasteiger charge is -2.26. The monoisotopic (exact) mass is 225 g/mol. The summed E-state index contributed by atoms with van der Waals surface area (Å²) in [4.78, 5) is 10.2. The van der Waals surface area contributed by atoms with Crippen LogP contribution in [0.5, 0.6) is 0 Å². The molecule has 0 heterocycles. The molecule has 1 aliphatic rings. The molecule has 3 nitrogen and oxygen atoms in total.